The van der Waals surface area contributed by atoms with Gasteiger partial charge in [0.05, 0.1) is 12.7 Å². The summed E-state index contributed by atoms with van der Waals surface area (Å²) in [6.45, 7) is 11.8. The minimum atomic E-state index is -1.10. The molecule has 2 aliphatic heterocycles. The number of aliphatic hydroxyl groups is 2. The van der Waals surface area contributed by atoms with Crippen molar-refractivity contribution in [2.75, 3.05) is 6.61 Å². The molecule has 4 rings (SSSR count). The molecular weight excluding hydrogens is 444 g/mol. The Hall–Kier alpha value is -2.06. The SMILES string of the molecule is C=C.CCCc1ccc(C2OC(C(O)CO)C3OC(c4ccc(CCC)cc4)OC(C)C3O2)cc1. The molecule has 7 unspecified atom stereocenters. The van der Waals surface area contributed by atoms with Crippen molar-refractivity contribution in [1.82, 2.24) is 0 Å². The number of aryl methyl sites for hydroxylation is 2. The molecule has 6 nitrogen and oxygen atoms in total. The Labute approximate surface area is 209 Å². The molecule has 2 saturated heterocycles. The lowest BCUT2D eigenvalue weighted by atomic mass is 9.95. The normalized spacial score (nSPS) is 28.9. The molecule has 2 N–H and O–H groups in total. The summed E-state index contributed by atoms with van der Waals surface area (Å²) in [6, 6.07) is 16.4. The second-order valence-corrected chi connectivity index (χ2v) is 9.04. The Kier molecular flexibility index (Phi) is 10.5. The topological polar surface area (TPSA) is 77.4 Å². The molecule has 2 heterocycles. The van der Waals surface area contributed by atoms with Gasteiger partial charge in [-0.25, -0.2) is 0 Å². The fraction of sp³-hybridized carbons (Fsp3) is 0.517. The average Bonchev–Trinajstić information content (AvgIpc) is 2.90. The highest BCUT2D eigenvalue weighted by molar-refractivity contribution is 5.25. The Morgan fingerprint density at radius 2 is 1.20 bits per heavy atom. The van der Waals surface area contributed by atoms with Crippen molar-refractivity contribution in [3.8, 4) is 0 Å². The number of benzene rings is 2. The van der Waals surface area contributed by atoms with Gasteiger partial charge in [0.2, 0.25) is 0 Å². The first-order chi connectivity index (χ1) is 17.0. The molecule has 2 fully saturated rings. The van der Waals surface area contributed by atoms with Gasteiger partial charge in [0.25, 0.3) is 0 Å². The Morgan fingerprint density at radius 1 is 0.743 bits per heavy atom. The van der Waals surface area contributed by atoms with Crippen LogP contribution in [-0.4, -0.2) is 47.3 Å². The molecular formula is C29H40O6. The molecule has 0 saturated carbocycles. The lowest BCUT2D eigenvalue weighted by Gasteiger charge is -2.49. The van der Waals surface area contributed by atoms with Gasteiger partial charge < -0.3 is 29.2 Å². The molecule has 0 aliphatic carbocycles. The number of fused-ring (bicyclic) bond motifs is 1. The molecule has 0 aromatic heterocycles. The van der Waals surface area contributed by atoms with Crippen LogP contribution in [0.25, 0.3) is 0 Å². The van der Waals surface area contributed by atoms with E-state index < -0.39 is 43.6 Å². The number of ether oxygens (including phenoxy) is 4. The largest absolute Gasteiger partial charge is 0.394 e. The van der Waals surface area contributed by atoms with E-state index in [0.717, 1.165) is 36.8 Å². The van der Waals surface area contributed by atoms with Crippen LogP contribution in [0.3, 0.4) is 0 Å². The van der Waals surface area contributed by atoms with Gasteiger partial charge in [-0.3, -0.25) is 0 Å². The molecule has 6 heteroatoms. The molecule has 0 radical (unpaired) electrons. The van der Waals surface area contributed by atoms with Gasteiger partial charge in [-0.05, 0) is 30.9 Å². The summed E-state index contributed by atoms with van der Waals surface area (Å²) in [6.07, 6.45) is -0.202. The smallest absolute Gasteiger partial charge is 0.184 e. The first-order valence-electron chi connectivity index (χ1n) is 12.6. The predicted molar refractivity (Wildman–Crippen MR) is 136 cm³/mol. The maximum atomic E-state index is 10.6. The maximum absolute atomic E-state index is 10.6. The van der Waals surface area contributed by atoms with Gasteiger partial charge >= 0.3 is 0 Å². The molecule has 192 valence electrons. The van der Waals surface area contributed by atoms with Crippen LogP contribution < -0.4 is 0 Å². The van der Waals surface area contributed by atoms with Crippen molar-refractivity contribution in [2.24, 2.45) is 0 Å². The van der Waals surface area contributed by atoms with Crippen LogP contribution in [0.5, 0.6) is 0 Å². The van der Waals surface area contributed by atoms with Crippen LogP contribution in [-0.2, 0) is 31.8 Å². The Balaban J connectivity index is 0.00000167. The van der Waals surface area contributed by atoms with E-state index in [1.807, 2.05) is 31.2 Å². The van der Waals surface area contributed by atoms with Crippen molar-refractivity contribution in [3.05, 3.63) is 83.9 Å². The van der Waals surface area contributed by atoms with Gasteiger partial charge in [0.15, 0.2) is 12.6 Å². The maximum Gasteiger partial charge on any atom is 0.184 e. The van der Waals surface area contributed by atoms with Crippen molar-refractivity contribution in [3.63, 3.8) is 0 Å². The van der Waals surface area contributed by atoms with Crippen LogP contribution in [0, 0.1) is 0 Å². The van der Waals surface area contributed by atoms with E-state index >= 15 is 0 Å². The summed E-state index contributed by atoms with van der Waals surface area (Å²) in [4.78, 5) is 0. The predicted octanol–water partition coefficient (Wildman–Crippen LogP) is 5.03. The van der Waals surface area contributed by atoms with Crippen molar-refractivity contribution in [2.45, 2.75) is 89.6 Å². The highest BCUT2D eigenvalue weighted by Gasteiger charge is 2.50. The van der Waals surface area contributed by atoms with E-state index in [0.29, 0.717) is 0 Å². The monoisotopic (exact) mass is 484 g/mol. The molecule has 2 aromatic carbocycles. The summed E-state index contributed by atoms with van der Waals surface area (Å²) in [5.41, 5.74) is 4.30. The Bertz CT molecular complexity index is 883. The molecule has 7 atom stereocenters. The third-order valence-electron chi connectivity index (χ3n) is 6.44. The van der Waals surface area contributed by atoms with Gasteiger partial charge in [0, 0.05) is 11.1 Å². The summed E-state index contributed by atoms with van der Waals surface area (Å²) in [5.74, 6) is 0. The molecule has 2 aliphatic rings. The van der Waals surface area contributed by atoms with E-state index in [1.165, 1.54) is 11.1 Å². The number of aliphatic hydroxyl groups excluding tert-OH is 2. The van der Waals surface area contributed by atoms with Crippen LogP contribution in [0.15, 0.2) is 61.7 Å². The molecule has 0 spiro atoms. The lowest BCUT2D eigenvalue weighted by Crippen LogP contribution is -2.60. The van der Waals surface area contributed by atoms with Crippen LogP contribution in [0.2, 0.25) is 0 Å². The highest BCUT2D eigenvalue weighted by atomic mass is 16.8. The fourth-order valence-corrected chi connectivity index (χ4v) is 4.63. The summed E-state index contributed by atoms with van der Waals surface area (Å²) >= 11 is 0. The second kappa shape index (κ2) is 13.3. The number of hydrogen-bond acceptors (Lipinski definition) is 6. The third kappa shape index (κ3) is 6.58. The molecule has 2 aromatic rings. The molecule has 0 amide bonds. The first kappa shape index (κ1) is 27.5. The van der Waals surface area contributed by atoms with Crippen LogP contribution in [0.1, 0.15) is 68.4 Å². The summed E-state index contributed by atoms with van der Waals surface area (Å²) in [5, 5.41) is 20.3. The van der Waals surface area contributed by atoms with Crippen molar-refractivity contribution in [1.29, 1.82) is 0 Å². The Morgan fingerprint density at radius 3 is 1.66 bits per heavy atom. The quantitative estimate of drug-likeness (QED) is 0.512. The zero-order chi connectivity index (χ0) is 25.4. The minimum absolute atomic E-state index is 0.289. The van der Waals surface area contributed by atoms with E-state index in [2.05, 4.69) is 51.3 Å². The minimum Gasteiger partial charge on any atom is -0.394 e. The zero-order valence-electron chi connectivity index (χ0n) is 21.1. The summed E-state index contributed by atoms with van der Waals surface area (Å²) in [7, 11) is 0. The number of rotatable bonds is 8. The third-order valence-corrected chi connectivity index (χ3v) is 6.44. The van der Waals surface area contributed by atoms with Crippen molar-refractivity contribution >= 4 is 0 Å². The van der Waals surface area contributed by atoms with Crippen molar-refractivity contribution < 1.29 is 29.2 Å². The number of hydrogen-bond donors (Lipinski definition) is 2. The van der Waals surface area contributed by atoms with E-state index in [9.17, 15) is 10.2 Å². The highest BCUT2D eigenvalue weighted by Crippen LogP contribution is 2.41. The zero-order valence-corrected chi connectivity index (χ0v) is 21.1. The second-order valence-electron chi connectivity index (χ2n) is 9.04. The summed E-state index contributed by atoms with van der Waals surface area (Å²) < 4.78 is 24.9. The van der Waals surface area contributed by atoms with Gasteiger partial charge in [0.1, 0.15) is 24.4 Å². The lowest BCUT2D eigenvalue weighted by molar-refractivity contribution is -0.388. The average molecular weight is 485 g/mol. The standard InChI is InChI=1S/C27H36O6.C2H4/c1-4-6-18-8-12-20(13-9-18)26-30-17(3)23-25(33-26)24(22(29)16-28)32-27(31-23)21-14-10-19(7-5-2)11-15-21;1-2/h8-15,17,22-29H,4-7,16H2,1-3H3;1-2H2. The molecule has 35 heavy (non-hydrogen) atoms. The fourth-order valence-electron chi connectivity index (χ4n) is 4.63. The van der Waals surface area contributed by atoms with Crippen LogP contribution >= 0.6 is 0 Å². The molecule has 0 bridgehead atoms. The van der Waals surface area contributed by atoms with Gasteiger partial charge in [-0.1, -0.05) is 75.2 Å². The first-order valence-corrected chi connectivity index (χ1v) is 12.6. The van der Waals surface area contributed by atoms with Gasteiger partial charge in [-0.2, -0.15) is 0 Å². The van der Waals surface area contributed by atoms with E-state index in [4.69, 9.17) is 18.9 Å². The van der Waals surface area contributed by atoms with E-state index in [1.54, 1.807) is 0 Å². The van der Waals surface area contributed by atoms with Crippen LogP contribution in [0.4, 0.5) is 0 Å². The van der Waals surface area contributed by atoms with Gasteiger partial charge in [-0.15, -0.1) is 13.2 Å². The van der Waals surface area contributed by atoms with E-state index in [-0.39, 0.29) is 6.10 Å².